The standard InChI is InChI=1S/C13H16O2/c1-8(2)10-4-5-12-11(7-10)9(3)6-13(14)15-12/h4-5,7-9H,6H2,1-3H3. The van der Waals surface area contributed by atoms with Crippen LogP contribution in [0.4, 0.5) is 0 Å². The zero-order chi connectivity index (χ0) is 11.0. The molecule has 0 saturated carbocycles. The zero-order valence-corrected chi connectivity index (χ0v) is 9.41. The first-order valence-corrected chi connectivity index (χ1v) is 5.42. The molecule has 2 heteroatoms. The second kappa shape index (κ2) is 3.69. The molecule has 0 aliphatic carbocycles. The molecule has 0 aromatic heterocycles. The molecule has 0 N–H and O–H groups in total. The van der Waals surface area contributed by atoms with E-state index in [1.165, 1.54) is 11.1 Å². The molecule has 1 aromatic rings. The van der Waals surface area contributed by atoms with Crippen LogP contribution in [0.2, 0.25) is 0 Å². The Bertz CT molecular complexity index is 394. The maximum Gasteiger partial charge on any atom is 0.311 e. The van der Waals surface area contributed by atoms with Crippen molar-refractivity contribution >= 4 is 5.97 Å². The third-order valence-electron chi connectivity index (χ3n) is 2.93. The number of carbonyl (C=O) groups is 1. The van der Waals surface area contributed by atoms with Crippen molar-refractivity contribution in [1.29, 1.82) is 0 Å². The maximum absolute atomic E-state index is 11.2. The van der Waals surface area contributed by atoms with Crippen molar-refractivity contribution in [1.82, 2.24) is 0 Å². The third kappa shape index (κ3) is 1.89. The van der Waals surface area contributed by atoms with Crippen molar-refractivity contribution in [2.45, 2.75) is 39.0 Å². The lowest BCUT2D eigenvalue weighted by atomic mass is 9.91. The molecule has 1 aliphatic rings. The summed E-state index contributed by atoms with van der Waals surface area (Å²) in [7, 11) is 0. The Balaban J connectivity index is 2.43. The fourth-order valence-electron chi connectivity index (χ4n) is 1.93. The van der Waals surface area contributed by atoms with Crippen LogP contribution in [-0.4, -0.2) is 5.97 Å². The van der Waals surface area contributed by atoms with Gasteiger partial charge in [-0.1, -0.05) is 32.9 Å². The predicted octanol–water partition coefficient (Wildman–Crippen LogP) is 3.22. The molecule has 0 bridgehead atoms. The number of esters is 1. The Kier molecular flexibility index (Phi) is 2.51. The summed E-state index contributed by atoms with van der Waals surface area (Å²) in [6.07, 6.45) is 0.495. The third-order valence-corrected chi connectivity index (χ3v) is 2.93. The predicted molar refractivity (Wildman–Crippen MR) is 59.2 cm³/mol. The molecule has 80 valence electrons. The number of rotatable bonds is 1. The summed E-state index contributed by atoms with van der Waals surface area (Å²) in [6.45, 7) is 6.41. The second-order valence-electron chi connectivity index (χ2n) is 4.53. The zero-order valence-electron chi connectivity index (χ0n) is 9.41. The van der Waals surface area contributed by atoms with Crippen LogP contribution in [-0.2, 0) is 4.79 Å². The van der Waals surface area contributed by atoms with Gasteiger partial charge in [-0.25, -0.2) is 0 Å². The van der Waals surface area contributed by atoms with E-state index in [4.69, 9.17) is 4.74 Å². The topological polar surface area (TPSA) is 26.3 Å². The van der Waals surface area contributed by atoms with E-state index in [1.807, 2.05) is 12.1 Å². The summed E-state index contributed by atoms with van der Waals surface area (Å²) in [6, 6.07) is 6.12. The van der Waals surface area contributed by atoms with Gasteiger partial charge in [0.05, 0.1) is 6.42 Å². The van der Waals surface area contributed by atoms with E-state index in [1.54, 1.807) is 0 Å². The first-order chi connectivity index (χ1) is 7.08. The molecule has 0 saturated heterocycles. The first kappa shape index (κ1) is 10.2. The molecule has 15 heavy (non-hydrogen) atoms. The van der Waals surface area contributed by atoms with E-state index < -0.39 is 0 Å². The van der Waals surface area contributed by atoms with Crippen LogP contribution in [0.1, 0.15) is 50.2 Å². The number of hydrogen-bond donors (Lipinski definition) is 0. The minimum atomic E-state index is -0.118. The molecule has 1 atom stereocenters. The second-order valence-corrected chi connectivity index (χ2v) is 4.53. The molecule has 2 nitrogen and oxygen atoms in total. The monoisotopic (exact) mass is 204 g/mol. The summed E-state index contributed by atoms with van der Waals surface area (Å²) in [5.74, 6) is 1.41. The molecule has 0 amide bonds. The highest BCUT2D eigenvalue weighted by Gasteiger charge is 2.23. The molecule has 1 heterocycles. The summed E-state index contributed by atoms with van der Waals surface area (Å²) in [4.78, 5) is 11.2. The molecule has 2 rings (SSSR count). The summed E-state index contributed by atoms with van der Waals surface area (Å²) in [5.41, 5.74) is 2.47. The summed E-state index contributed by atoms with van der Waals surface area (Å²) >= 11 is 0. The van der Waals surface area contributed by atoms with Crippen LogP contribution in [0.15, 0.2) is 18.2 Å². The molecule has 1 unspecified atom stereocenters. The van der Waals surface area contributed by atoms with Gasteiger partial charge < -0.3 is 4.74 Å². The van der Waals surface area contributed by atoms with E-state index in [-0.39, 0.29) is 11.9 Å². The lowest BCUT2D eigenvalue weighted by Gasteiger charge is -2.22. The highest BCUT2D eigenvalue weighted by atomic mass is 16.5. The van der Waals surface area contributed by atoms with Gasteiger partial charge in [0.15, 0.2) is 0 Å². The highest BCUT2D eigenvalue weighted by molar-refractivity contribution is 5.76. The average Bonchev–Trinajstić information content (AvgIpc) is 2.16. The Labute approximate surface area is 90.3 Å². The Morgan fingerprint density at radius 2 is 2.13 bits per heavy atom. The van der Waals surface area contributed by atoms with Gasteiger partial charge in [-0.2, -0.15) is 0 Å². The van der Waals surface area contributed by atoms with E-state index in [2.05, 4.69) is 26.8 Å². The van der Waals surface area contributed by atoms with Crippen LogP contribution >= 0.6 is 0 Å². The van der Waals surface area contributed by atoms with E-state index in [0.717, 1.165) is 5.75 Å². The van der Waals surface area contributed by atoms with Crippen LogP contribution in [0, 0.1) is 0 Å². The fraction of sp³-hybridized carbons (Fsp3) is 0.462. The lowest BCUT2D eigenvalue weighted by molar-refractivity contribution is -0.135. The van der Waals surface area contributed by atoms with Gasteiger partial charge in [0.2, 0.25) is 0 Å². The quantitative estimate of drug-likeness (QED) is 0.518. The van der Waals surface area contributed by atoms with Gasteiger partial charge in [0.25, 0.3) is 0 Å². The molecular formula is C13H16O2. The number of benzene rings is 1. The van der Waals surface area contributed by atoms with E-state index in [9.17, 15) is 4.79 Å². The summed E-state index contributed by atoms with van der Waals surface area (Å²) in [5, 5.41) is 0. The van der Waals surface area contributed by atoms with E-state index >= 15 is 0 Å². The number of carbonyl (C=O) groups excluding carboxylic acids is 1. The van der Waals surface area contributed by atoms with Crippen molar-refractivity contribution in [3.8, 4) is 5.75 Å². The average molecular weight is 204 g/mol. The number of hydrogen-bond acceptors (Lipinski definition) is 2. The smallest absolute Gasteiger partial charge is 0.311 e. The lowest BCUT2D eigenvalue weighted by Crippen LogP contribution is -2.18. The molecule has 0 radical (unpaired) electrons. The van der Waals surface area contributed by atoms with Crippen molar-refractivity contribution < 1.29 is 9.53 Å². The minimum Gasteiger partial charge on any atom is -0.426 e. The number of ether oxygens (including phenoxy) is 1. The Morgan fingerprint density at radius 1 is 1.40 bits per heavy atom. The minimum absolute atomic E-state index is 0.118. The largest absolute Gasteiger partial charge is 0.426 e. The van der Waals surface area contributed by atoms with Gasteiger partial charge in [-0.05, 0) is 29.0 Å². The van der Waals surface area contributed by atoms with Gasteiger partial charge in [0, 0.05) is 0 Å². The normalized spacial score (nSPS) is 20.0. The fourth-order valence-corrected chi connectivity index (χ4v) is 1.93. The van der Waals surface area contributed by atoms with Crippen molar-refractivity contribution in [3.63, 3.8) is 0 Å². The van der Waals surface area contributed by atoms with Crippen LogP contribution in [0.25, 0.3) is 0 Å². The maximum atomic E-state index is 11.2. The first-order valence-electron chi connectivity index (χ1n) is 5.42. The van der Waals surface area contributed by atoms with Crippen LogP contribution in [0.3, 0.4) is 0 Å². The van der Waals surface area contributed by atoms with Gasteiger partial charge in [0.1, 0.15) is 5.75 Å². The Hall–Kier alpha value is -1.31. The van der Waals surface area contributed by atoms with Gasteiger partial charge in [-0.3, -0.25) is 4.79 Å². The van der Waals surface area contributed by atoms with Crippen molar-refractivity contribution in [2.75, 3.05) is 0 Å². The SMILES string of the molecule is CC(C)c1ccc2c(c1)C(C)CC(=O)O2. The molecule has 1 aromatic carbocycles. The molecule has 0 fully saturated rings. The van der Waals surface area contributed by atoms with Crippen LogP contribution in [0.5, 0.6) is 5.75 Å². The Morgan fingerprint density at radius 3 is 2.80 bits per heavy atom. The summed E-state index contributed by atoms with van der Waals surface area (Å²) < 4.78 is 5.20. The highest BCUT2D eigenvalue weighted by Crippen LogP contribution is 2.35. The van der Waals surface area contributed by atoms with Crippen molar-refractivity contribution in [3.05, 3.63) is 29.3 Å². The molecule has 1 aliphatic heterocycles. The van der Waals surface area contributed by atoms with E-state index in [0.29, 0.717) is 12.3 Å². The van der Waals surface area contributed by atoms with Crippen LogP contribution < -0.4 is 4.74 Å². The number of fused-ring (bicyclic) bond motifs is 1. The molecule has 0 spiro atoms. The van der Waals surface area contributed by atoms with Gasteiger partial charge in [-0.15, -0.1) is 0 Å². The van der Waals surface area contributed by atoms with Gasteiger partial charge >= 0.3 is 5.97 Å². The van der Waals surface area contributed by atoms with Crippen molar-refractivity contribution in [2.24, 2.45) is 0 Å². The molecular weight excluding hydrogens is 188 g/mol.